The molecule has 5 rings (SSSR count). The first kappa shape index (κ1) is 25.0. The number of hydrogen-bond donors (Lipinski definition) is 1. The molecule has 36 heavy (non-hydrogen) atoms. The lowest BCUT2D eigenvalue weighted by Gasteiger charge is -2.32. The van der Waals surface area contributed by atoms with E-state index < -0.39 is 17.4 Å². The van der Waals surface area contributed by atoms with Gasteiger partial charge in [-0.05, 0) is 68.9 Å². The number of rotatable bonds is 4. The molecule has 1 atom stereocenters. The molecule has 9 nitrogen and oxygen atoms in total. The van der Waals surface area contributed by atoms with Gasteiger partial charge in [-0.2, -0.15) is 11.8 Å². The number of hydrogen-bond acceptors (Lipinski definition) is 6. The molecule has 2 amide bonds. The van der Waals surface area contributed by atoms with Crippen LogP contribution in [0.15, 0.2) is 21.9 Å². The molecule has 0 aromatic carbocycles. The molecule has 194 valence electrons. The molecule has 11 heteroatoms. The SMILES string of the molecule is CC(=O)N1CCCC1C(=O)N[C@H]1CC[C@@H](n2c(=O)c3cc(F)cnc3n(C3CCSCC3)c2=O)CC1. The fraction of sp³-hybridized carbons (Fsp3) is 0.640. The first-order valence-electron chi connectivity index (χ1n) is 12.8. The van der Waals surface area contributed by atoms with Crippen LogP contribution in [-0.4, -0.2) is 61.0 Å². The highest BCUT2D eigenvalue weighted by Crippen LogP contribution is 2.30. The van der Waals surface area contributed by atoms with Crippen molar-refractivity contribution >= 4 is 34.6 Å². The molecule has 3 aliphatic rings. The first-order valence-corrected chi connectivity index (χ1v) is 14.0. The Morgan fingerprint density at radius 1 is 1.03 bits per heavy atom. The minimum Gasteiger partial charge on any atom is -0.352 e. The molecule has 1 unspecified atom stereocenters. The molecule has 1 aliphatic carbocycles. The molecule has 1 saturated carbocycles. The number of aromatic nitrogens is 3. The van der Waals surface area contributed by atoms with Gasteiger partial charge in [-0.25, -0.2) is 14.2 Å². The summed E-state index contributed by atoms with van der Waals surface area (Å²) in [7, 11) is 0. The quantitative estimate of drug-likeness (QED) is 0.668. The molecule has 0 radical (unpaired) electrons. The van der Waals surface area contributed by atoms with Crippen molar-refractivity contribution in [3.8, 4) is 0 Å². The van der Waals surface area contributed by atoms with Gasteiger partial charge >= 0.3 is 5.69 Å². The maximum atomic E-state index is 14.1. The van der Waals surface area contributed by atoms with Gasteiger partial charge in [0.1, 0.15) is 17.5 Å². The second-order valence-electron chi connectivity index (χ2n) is 10.1. The maximum Gasteiger partial charge on any atom is 0.333 e. The van der Waals surface area contributed by atoms with E-state index in [4.69, 9.17) is 0 Å². The van der Waals surface area contributed by atoms with E-state index in [0.717, 1.165) is 37.0 Å². The Balaban J connectivity index is 1.38. The van der Waals surface area contributed by atoms with Crippen LogP contribution in [0.3, 0.4) is 0 Å². The van der Waals surface area contributed by atoms with Gasteiger partial charge in [0.05, 0.1) is 11.6 Å². The molecule has 2 saturated heterocycles. The highest BCUT2D eigenvalue weighted by molar-refractivity contribution is 7.99. The van der Waals surface area contributed by atoms with Gasteiger partial charge in [0.25, 0.3) is 5.56 Å². The number of carbonyl (C=O) groups excluding carboxylic acids is 2. The zero-order chi connectivity index (χ0) is 25.4. The van der Waals surface area contributed by atoms with Crippen molar-refractivity contribution in [3.63, 3.8) is 0 Å². The third-order valence-electron chi connectivity index (χ3n) is 7.85. The van der Waals surface area contributed by atoms with Crippen LogP contribution >= 0.6 is 11.8 Å². The highest BCUT2D eigenvalue weighted by Gasteiger charge is 2.35. The van der Waals surface area contributed by atoms with Crippen molar-refractivity contribution in [1.82, 2.24) is 24.3 Å². The zero-order valence-electron chi connectivity index (χ0n) is 20.5. The second kappa shape index (κ2) is 10.4. The van der Waals surface area contributed by atoms with Crippen molar-refractivity contribution in [3.05, 3.63) is 38.9 Å². The van der Waals surface area contributed by atoms with Gasteiger partial charge in [0.2, 0.25) is 11.8 Å². The van der Waals surface area contributed by atoms with Crippen molar-refractivity contribution in [1.29, 1.82) is 0 Å². The molecule has 0 bridgehead atoms. The zero-order valence-corrected chi connectivity index (χ0v) is 21.3. The van der Waals surface area contributed by atoms with Gasteiger partial charge in [-0.15, -0.1) is 0 Å². The minimum atomic E-state index is -0.603. The predicted molar refractivity (Wildman–Crippen MR) is 136 cm³/mol. The summed E-state index contributed by atoms with van der Waals surface area (Å²) in [6.07, 6.45) is 6.48. The van der Waals surface area contributed by atoms with Crippen molar-refractivity contribution in [2.24, 2.45) is 0 Å². The van der Waals surface area contributed by atoms with Crippen molar-refractivity contribution < 1.29 is 14.0 Å². The molecule has 2 aromatic rings. The topological polar surface area (TPSA) is 106 Å². The molecular formula is C25H32FN5O4S. The Hall–Kier alpha value is -2.69. The molecule has 1 N–H and O–H groups in total. The monoisotopic (exact) mass is 517 g/mol. The average Bonchev–Trinajstić information content (AvgIpc) is 3.37. The number of thioether (sulfide) groups is 1. The Bertz CT molecular complexity index is 1280. The van der Waals surface area contributed by atoms with E-state index >= 15 is 0 Å². The second-order valence-corrected chi connectivity index (χ2v) is 11.3. The first-order chi connectivity index (χ1) is 17.3. The van der Waals surface area contributed by atoms with Gasteiger partial charge in [-0.1, -0.05) is 0 Å². The summed E-state index contributed by atoms with van der Waals surface area (Å²) in [6, 6.07) is 0.290. The summed E-state index contributed by atoms with van der Waals surface area (Å²) in [5, 5.41) is 3.21. The van der Waals surface area contributed by atoms with E-state index in [1.54, 1.807) is 9.47 Å². The number of halogens is 1. The number of likely N-dealkylation sites (tertiary alicyclic amines) is 1. The van der Waals surface area contributed by atoms with E-state index in [1.807, 2.05) is 11.8 Å². The van der Waals surface area contributed by atoms with Crippen LogP contribution in [0, 0.1) is 5.82 Å². The van der Waals surface area contributed by atoms with E-state index in [2.05, 4.69) is 10.3 Å². The summed E-state index contributed by atoms with van der Waals surface area (Å²) in [6.45, 7) is 2.09. The summed E-state index contributed by atoms with van der Waals surface area (Å²) >= 11 is 1.84. The number of fused-ring (bicyclic) bond motifs is 1. The van der Waals surface area contributed by atoms with Crippen LogP contribution in [0.25, 0.3) is 11.0 Å². The largest absolute Gasteiger partial charge is 0.352 e. The van der Waals surface area contributed by atoms with Gasteiger partial charge in [0.15, 0.2) is 0 Å². The highest BCUT2D eigenvalue weighted by atomic mass is 32.2. The third kappa shape index (κ3) is 4.69. The van der Waals surface area contributed by atoms with Crippen LogP contribution in [0.4, 0.5) is 4.39 Å². The summed E-state index contributed by atoms with van der Waals surface area (Å²) < 4.78 is 17.0. The van der Waals surface area contributed by atoms with Crippen LogP contribution in [-0.2, 0) is 9.59 Å². The fourth-order valence-electron chi connectivity index (χ4n) is 5.99. The van der Waals surface area contributed by atoms with Crippen molar-refractivity contribution in [2.75, 3.05) is 18.1 Å². The number of carbonyl (C=O) groups is 2. The standard InChI is InChI=1S/C25H32FN5O4S/c1-15(32)29-10-2-3-21(29)23(33)28-17-4-6-18(7-5-17)31-24(34)20-13-16(26)14-27-22(20)30(25(31)35)19-8-11-36-12-9-19/h13-14,17-19,21H,2-12H2,1H3,(H,28,33)/t17-,18+,21?. The number of nitrogens with one attached hydrogen (secondary N) is 1. The average molecular weight is 518 g/mol. The molecular weight excluding hydrogens is 485 g/mol. The Morgan fingerprint density at radius 2 is 1.72 bits per heavy atom. The van der Waals surface area contributed by atoms with Crippen LogP contribution < -0.4 is 16.6 Å². The Labute approximate surface area is 212 Å². The summed E-state index contributed by atoms with van der Waals surface area (Å²) in [4.78, 5) is 57.5. The van der Waals surface area contributed by atoms with Gasteiger partial charge in [0, 0.05) is 31.6 Å². The van der Waals surface area contributed by atoms with Crippen LogP contribution in [0.1, 0.15) is 70.4 Å². The molecule has 2 aromatic heterocycles. The van der Waals surface area contributed by atoms with E-state index in [-0.39, 0.29) is 46.7 Å². The fourth-order valence-corrected chi connectivity index (χ4v) is 7.07. The minimum absolute atomic E-state index is 0.0719. The Kier molecular flexibility index (Phi) is 7.18. The maximum absolute atomic E-state index is 14.1. The summed E-state index contributed by atoms with van der Waals surface area (Å²) in [5.74, 6) is 1.02. The van der Waals surface area contributed by atoms with Gasteiger partial charge in [-0.3, -0.25) is 23.5 Å². The lowest BCUT2D eigenvalue weighted by molar-refractivity contribution is -0.137. The molecule has 3 fully saturated rings. The normalized spacial score (nSPS) is 25.3. The molecule has 4 heterocycles. The van der Waals surface area contributed by atoms with E-state index in [9.17, 15) is 23.6 Å². The third-order valence-corrected chi connectivity index (χ3v) is 8.90. The van der Waals surface area contributed by atoms with E-state index in [0.29, 0.717) is 38.6 Å². The lowest BCUT2D eigenvalue weighted by atomic mass is 9.90. The Morgan fingerprint density at radius 3 is 2.42 bits per heavy atom. The van der Waals surface area contributed by atoms with Crippen LogP contribution in [0.2, 0.25) is 0 Å². The number of amides is 2. The lowest BCUT2D eigenvalue weighted by Crippen LogP contribution is -2.50. The smallest absolute Gasteiger partial charge is 0.333 e. The van der Waals surface area contributed by atoms with Crippen LogP contribution in [0.5, 0.6) is 0 Å². The van der Waals surface area contributed by atoms with Crippen molar-refractivity contribution in [2.45, 2.75) is 82.5 Å². The van der Waals surface area contributed by atoms with Gasteiger partial charge < -0.3 is 10.2 Å². The summed E-state index contributed by atoms with van der Waals surface area (Å²) in [5.41, 5.74) is -0.620. The van der Waals surface area contributed by atoms with E-state index in [1.165, 1.54) is 17.6 Å². The number of nitrogens with zero attached hydrogens (tertiary/aromatic N) is 4. The molecule has 2 aliphatic heterocycles. The number of pyridine rings is 1. The predicted octanol–water partition coefficient (Wildman–Crippen LogP) is 2.38. The molecule has 0 spiro atoms.